The molecule has 5 nitrogen and oxygen atoms in total. The number of carboxylic acids is 1. The third-order valence-corrected chi connectivity index (χ3v) is 3.58. The molecule has 1 amide bonds. The fourth-order valence-corrected chi connectivity index (χ4v) is 2.44. The van der Waals surface area contributed by atoms with Crippen molar-refractivity contribution in [3.8, 4) is 0 Å². The molecule has 1 aromatic carbocycles. The molecule has 0 aliphatic carbocycles. The lowest BCUT2D eigenvalue weighted by Gasteiger charge is -2.31. The van der Waals surface area contributed by atoms with Crippen LogP contribution in [0.4, 0.5) is 0 Å². The van der Waals surface area contributed by atoms with E-state index in [1.165, 1.54) is 4.90 Å². The minimum atomic E-state index is -0.976. The van der Waals surface area contributed by atoms with Gasteiger partial charge >= 0.3 is 5.97 Å². The molecule has 0 aliphatic rings. The summed E-state index contributed by atoms with van der Waals surface area (Å²) in [6.45, 7) is 3.60. The van der Waals surface area contributed by atoms with Crippen LogP contribution in [0.5, 0.6) is 0 Å². The van der Waals surface area contributed by atoms with Gasteiger partial charge in [0, 0.05) is 7.05 Å². The van der Waals surface area contributed by atoms with Crippen LogP contribution in [0.25, 0.3) is 0 Å². The summed E-state index contributed by atoms with van der Waals surface area (Å²) in [6, 6.07) is 8.42. The molecule has 0 saturated carbocycles. The Labute approximate surface area is 126 Å². The summed E-state index contributed by atoms with van der Waals surface area (Å²) in [4.78, 5) is 25.2. The summed E-state index contributed by atoms with van der Waals surface area (Å²) in [5.41, 5.74) is 1.04. The molecule has 0 radical (unpaired) electrons. The Hall–Kier alpha value is -1.88. The monoisotopic (exact) mass is 292 g/mol. The molecule has 116 valence electrons. The minimum absolute atomic E-state index is 0.148. The lowest BCUT2D eigenvalue weighted by atomic mass is 10.0. The van der Waals surface area contributed by atoms with E-state index in [-0.39, 0.29) is 11.8 Å². The number of rotatable bonds is 7. The SMILES string of the molecule is CN[C@@H](Cc1ccccc1)C(=O)N(C)[C@H](C(=O)O)C(C)C. The second kappa shape index (κ2) is 7.78. The van der Waals surface area contributed by atoms with Crippen LogP contribution in [-0.4, -0.2) is 48.1 Å². The summed E-state index contributed by atoms with van der Waals surface area (Å²) >= 11 is 0. The summed E-state index contributed by atoms with van der Waals surface area (Å²) in [5.74, 6) is -1.33. The van der Waals surface area contributed by atoms with E-state index in [4.69, 9.17) is 0 Å². The largest absolute Gasteiger partial charge is 0.480 e. The molecule has 2 N–H and O–H groups in total. The van der Waals surface area contributed by atoms with Gasteiger partial charge in [-0.25, -0.2) is 4.79 Å². The normalized spacial score (nSPS) is 13.8. The standard InChI is InChI=1S/C16H24N2O3/c1-11(2)14(16(20)21)18(4)15(19)13(17-3)10-12-8-6-5-7-9-12/h5-9,11,13-14,17H,10H2,1-4H3,(H,20,21)/t13-,14-/m0/s1. The second-order valence-corrected chi connectivity index (χ2v) is 5.51. The van der Waals surface area contributed by atoms with Gasteiger partial charge in [0.05, 0.1) is 6.04 Å². The van der Waals surface area contributed by atoms with Crippen LogP contribution >= 0.6 is 0 Å². The Bertz CT molecular complexity index is 474. The average Bonchev–Trinajstić information content (AvgIpc) is 2.44. The van der Waals surface area contributed by atoms with Crippen molar-refractivity contribution in [3.63, 3.8) is 0 Å². The van der Waals surface area contributed by atoms with Crippen molar-refractivity contribution in [2.24, 2.45) is 5.92 Å². The van der Waals surface area contributed by atoms with Crippen molar-refractivity contribution in [1.82, 2.24) is 10.2 Å². The average molecular weight is 292 g/mol. The molecule has 0 saturated heterocycles. The molecular weight excluding hydrogens is 268 g/mol. The van der Waals surface area contributed by atoms with Gasteiger partial charge in [0.2, 0.25) is 5.91 Å². The van der Waals surface area contributed by atoms with Crippen molar-refractivity contribution >= 4 is 11.9 Å². The lowest BCUT2D eigenvalue weighted by molar-refractivity contribution is -0.151. The maximum atomic E-state index is 12.5. The van der Waals surface area contributed by atoms with Gasteiger partial charge in [-0.2, -0.15) is 0 Å². The van der Waals surface area contributed by atoms with Gasteiger partial charge in [0.15, 0.2) is 0 Å². The fourth-order valence-electron chi connectivity index (χ4n) is 2.44. The number of amides is 1. The highest BCUT2D eigenvalue weighted by Crippen LogP contribution is 2.13. The van der Waals surface area contributed by atoms with Gasteiger partial charge < -0.3 is 15.3 Å². The highest BCUT2D eigenvalue weighted by molar-refractivity contribution is 5.87. The Kier molecular flexibility index (Phi) is 6.37. The van der Waals surface area contributed by atoms with Gasteiger partial charge in [0.25, 0.3) is 0 Å². The van der Waals surface area contributed by atoms with Gasteiger partial charge in [-0.1, -0.05) is 44.2 Å². The van der Waals surface area contributed by atoms with Gasteiger partial charge in [-0.3, -0.25) is 4.79 Å². The number of carbonyl (C=O) groups is 2. The number of hydrogen-bond donors (Lipinski definition) is 2. The maximum Gasteiger partial charge on any atom is 0.326 e. The molecular formula is C16H24N2O3. The smallest absolute Gasteiger partial charge is 0.326 e. The number of aliphatic carboxylic acids is 1. The van der Waals surface area contributed by atoms with E-state index in [1.54, 1.807) is 27.9 Å². The van der Waals surface area contributed by atoms with Crippen molar-refractivity contribution in [1.29, 1.82) is 0 Å². The summed E-state index contributed by atoms with van der Waals surface area (Å²) < 4.78 is 0. The first kappa shape index (κ1) is 17.2. The third-order valence-electron chi connectivity index (χ3n) is 3.58. The zero-order valence-electron chi connectivity index (χ0n) is 13.0. The van der Waals surface area contributed by atoms with Crippen LogP contribution in [0.2, 0.25) is 0 Å². The summed E-state index contributed by atoms with van der Waals surface area (Å²) in [5, 5.41) is 12.3. The second-order valence-electron chi connectivity index (χ2n) is 5.51. The Morgan fingerprint density at radius 2 is 1.81 bits per heavy atom. The molecule has 0 aromatic heterocycles. The van der Waals surface area contributed by atoms with Gasteiger partial charge in [-0.15, -0.1) is 0 Å². The zero-order chi connectivity index (χ0) is 16.0. The van der Waals surface area contributed by atoms with E-state index in [9.17, 15) is 14.7 Å². The summed E-state index contributed by atoms with van der Waals surface area (Å²) in [7, 11) is 3.26. The molecule has 2 atom stereocenters. The maximum absolute atomic E-state index is 12.5. The quantitative estimate of drug-likeness (QED) is 0.796. The zero-order valence-corrected chi connectivity index (χ0v) is 13.0. The van der Waals surface area contributed by atoms with E-state index in [1.807, 2.05) is 30.3 Å². The lowest BCUT2D eigenvalue weighted by Crippen LogP contribution is -2.52. The van der Waals surface area contributed by atoms with Crippen LogP contribution < -0.4 is 5.32 Å². The molecule has 0 fully saturated rings. The molecule has 0 spiro atoms. The Morgan fingerprint density at radius 3 is 2.24 bits per heavy atom. The molecule has 0 unspecified atom stereocenters. The molecule has 0 aliphatic heterocycles. The van der Waals surface area contributed by atoms with E-state index >= 15 is 0 Å². The number of nitrogens with zero attached hydrogens (tertiary/aromatic N) is 1. The highest BCUT2D eigenvalue weighted by atomic mass is 16.4. The molecule has 5 heteroatoms. The number of likely N-dealkylation sites (N-methyl/N-ethyl adjacent to an activating group) is 2. The fraction of sp³-hybridized carbons (Fsp3) is 0.500. The number of nitrogens with one attached hydrogen (secondary N) is 1. The number of benzene rings is 1. The number of carbonyl (C=O) groups excluding carboxylic acids is 1. The van der Waals surface area contributed by atoms with Crippen molar-refractivity contribution in [3.05, 3.63) is 35.9 Å². The molecule has 1 rings (SSSR count). The van der Waals surface area contributed by atoms with E-state index in [0.717, 1.165) is 5.56 Å². The Balaban J connectivity index is 2.85. The number of hydrogen-bond acceptors (Lipinski definition) is 3. The first-order chi connectivity index (χ1) is 9.88. The van der Waals surface area contributed by atoms with Gasteiger partial charge in [0.1, 0.15) is 6.04 Å². The van der Waals surface area contributed by atoms with Crippen LogP contribution in [0.3, 0.4) is 0 Å². The first-order valence-corrected chi connectivity index (χ1v) is 7.09. The van der Waals surface area contributed by atoms with Crippen LogP contribution in [0, 0.1) is 5.92 Å². The van der Waals surface area contributed by atoms with Crippen molar-refractivity contribution in [2.75, 3.05) is 14.1 Å². The number of carboxylic acid groups (broad SMARTS) is 1. The predicted molar refractivity (Wildman–Crippen MR) is 82.0 cm³/mol. The van der Waals surface area contributed by atoms with E-state index < -0.39 is 18.1 Å². The van der Waals surface area contributed by atoms with Crippen LogP contribution in [0.15, 0.2) is 30.3 Å². The molecule has 0 heterocycles. The van der Waals surface area contributed by atoms with Crippen molar-refractivity contribution < 1.29 is 14.7 Å². The van der Waals surface area contributed by atoms with Crippen LogP contribution in [0.1, 0.15) is 19.4 Å². The topological polar surface area (TPSA) is 69.6 Å². The molecule has 1 aromatic rings. The van der Waals surface area contributed by atoms with Crippen LogP contribution in [-0.2, 0) is 16.0 Å². The van der Waals surface area contributed by atoms with E-state index in [2.05, 4.69) is 5.32 Å². The molecule has 21 heavy (non-hydrogen) atoms. The van der Waals surface area contributed by atoms with Crippen molar-refractivity contribution in [2.45, 2.75) is 32.4 Å². The highest BCUT2D eigenvalue weighted by Gasteiger charge is 2.32. The third kappa shape index (κ3) is 4.56. The van der Waals surface area contributed by atoms with Gasteiger partial charge in [-0.05, 0) is 24.9 Å². The Morgan fingerprint density at radius 1 is 1.24 bits per heavy atom. The molecule has 0 bridgehead atoms. The van der Waals surface area contributed by atoms with E-state index in [0.29, 0.717) is 6.42 Å². The minimum Gasteiger partial charge on any atom is -0.480 e. The predicted octanol–water partition coefficient (Wildman–Crippen LogP) is 1.38. The summed E-state index contributed by atoms with van der Waals surface area (Å²) in [6.07, 6.45) is 0.533. The first-order valence-electron chi connectivity index (χ1n) is 7.09.